The molecule has 1 aliphatic heterocycles. The van der Waals surface area contributed by atoms with Gasteiger partial charge in [0.05, 0.1) is 7.11 Å². The average Bonchev–Trinajstić information content (AvgIpc) is 2.73. The third kappa shape index (κ3) is 2.58. The number of esters is 1. The first-order valence-corrected chi connectivity index (χ1v) is 6.56. The predicted octanol–water partition coefficient (Wildman–Crippen LogP) is 1.55. The zero-order valence-corrected chi connectivity index (χ0v) is 11.7. The molecule has 1 unspecified atom stereocenters. The number of carbonyl (C=O) groups is 1. The van der Waals surface area contributed by atoms with Gasteiger partial charge in [0.2, 0.25) is 0 Å². The summed E-state index contributed by atoms with van der Waals surface area (Å²) < 4.78 is 12.0. The number of imidazole rings is 1. The monoisotopic (exact) mass is 267 g/mol. The van der Waals surface area contributed by atoms with E-state index >= 15 is 0 Å². The number of hydrogen-bond donors (Lipinski definition) is 1. The molecule has 2 N–H and O–H groups in total. The van der Waals surface area contributed by atoms with E-state index in [9.17, 15) is 4.79 Å². The molecule has 0 radical (unpaired) electrons. The second kappa shape index (κ2) is 5.61. The SMILES string of the molecule is COC(=O)c1nc(C)n(C(C)C2CCOCC2)c1N. The molecule has 0 saturated carbocycles. The smallest absolute Gasteiger partial charge is 0.360 e. The minimum absolute atomic E-state index is 0.204. The van der Waals surface area contributed by atoms with Crippen molar-refractivity contribution in [2.24, 2.45) is 5.92 Å². The Morgan fingerprint density at radius 1 is 1.53 bits per heavy atom. The zero-order valence-electron chi connectivity index (χ0n) is 11.7. The van der Waals surface area contributed by atoms with Gasteiger partial charge >= 0.3 is 5.97 Å². The highest BCUT2D eigenvalue weighted by atomic mass is 16.5. The van der Waals surface area contributed by atoms with Crippen molar-refractivity contribution in [3.63, 3.8) is 0 Å². The fourth-order valence-electron chi connectivity index (χ4n) is 2.73. The van der Waals surface area contributed by atoms with Crippen molar-refractivity contribution >= 4 is 11.8 Å². The largest absolute Gasteiger partial charge is 0.464 e. The number of nitrogens with two attached hydrogens (primary N) is 1. The summed E-state index contributed by atoms with van der Waals surface area (Å²) in [5, 5.41) is 0. The number of nitrogen functional groups attached to an aromatic ring is 1. The molecule has 1 aromatic heterocycles. The zero-order chi connectivity index (χ0) is 14.0. The van der Waals surface area contributed by atoms with Crippen LogP contribution in [0.2, 0.25) is 0 Å². The Kier molecular flexibility index (Phi) is 4.09. The summed E-state index contributed by atoms with van der Waals surface area (Å²) in [5.41, 5.74) is 6.26. The maximum atomic E-state index is 11.6. The number of ether oxygens (including phenoxy) is 2. The molecule has 0 aromatic carbocycles. The number of aromatic nitrogens is 2. The number of aryl methyl sites for hydroxylation is 1. The molecular weight excluding hydrogens is 246 g/mol. The number of rotatable bonds is 3. The number of anilines is 1. The van der Waals surface area contributed by atoms with Crippen LogP contribution in [-0.2, 0) is 9.47 Å². The minimum atomic E-state index is -0.487. The van der Waals surface area contributed by atoms with Crippen molar-refractivity contribution in [1.29, 1.82) is 0 Å². The first-order valence-electron chi connectivity index (χ1n) is 6.56. The molecule has 0 spiro atoms. The molecule has 1 aliphatic rings. The van der Waals surface area contributed by atoms with Gasteiger partial charge in [0.15, 0.2) is 5.69 Å². The van der Waals surface area contributed by atoms with Crippen LogP contribution in [0.1, 0.15) is 42.1 Å². The van der Waals surface area contributed by atoms with E-state index in [-0.39, 0.29) is 11.7 Å². The number of hydrogen-bond acceptors (Lipinski definition) is 5. The Hall–Kier alpha value is -1.56. The molecule has 2 rings (SSSR count). The van der Waals surface area contributed by atoms with Gasteiger partial charge in [-0.15, -0.1) is 0 Å². The van der Waals surface area contributed by atoms with E-state index in [1.165, 1.54) is 7.11 Å². The first kappa shape index (κ1) is 13.9. The predicted molar refractivity (Wildman–Crippen MR) is 71.0 cm³/mol. The fraction of sp³-hybridized carbons (Fsp3) is 0.692. The van der Waals surface area contributed by atoms with Crippen LogP contribution in [0.3, 0.4) is 0 Å². The highest BCUT2D eigenvalue weighted by Gasteiger charge is 2.27. The van der Waals surface area contributed by atoms with Crippen LogP contribution >= 0.6 is 0 Å². The van der Waals surface area contributed by atoms with Crippen LogP contribution in [0.15, 0.2) is 0 Å². The molecule has 1 aromatic rings. The summed E-state index contributed by atoms with van der Waals surface area (Å²) in [6.45, 7) is 5.54. The van der Waals surface area contributed by atoms with E-state index in [4.69, 9.17) is 15.2 Å². The minimum Gasteiger partial charge on any atom is -0.464 e. The lowest BCUT2D eigenvalue weighted by Crippen LogP contribution is -2.25. The van der Waals surface area contributed by atoms with Crippen LogP contribution < -0.4 is 5.73 Å². The lowest BCUT2D eigenvalue weighted by molar-refractivity contribution is 0.0512. The van der Waals surface area contributed by atoms with Crippen LogP contribution in [0.25, 0.3) is 0 Å². The molecule has 6 nitrogen and oxygen atoms in total. The highest BCUT2D eigenvalue weighted by Crippen LogP contribution is 2.31. The average molecular weight is 267 g/mol. The van der Waals surface area contributed by atoms with Gasteiger partial charge in [-0.2, -0.15) is 0 Å². The fourth-order valence-corrected chi connectivity index (χ4v) is 2.73. The molecular formula is C13H21N3O3. The van der Waals surface area contributed by atoms with Gasteiger partial charge in [-0.1, -0.05) is 0 Å². The molecule has 1 saturated heterocycles. The normalized spacial score (nSPS) is 18.3. The van der Waals surface area contributed by atoms with E-state index in [0.717, 1.165) is 31.9 Å². The topological polar surface area (TPSA) is 79.4 Å². The van der Waals surface area contributed by atoms with E-state index in [2.05, 4.69) is 11.9 Å². The Morgan fingerprint density at radius 2 is 2.16 bits per heavy atom. The summed E-state index contributed by atoms with van der Waals surface area (Å²) in [6, 6.07) is 0.204. The molecule has 1 atom stereocenters. The van der Waals surface area contributed by atoms with Gasteiger partial charge in [0.25, 0.3) is 0 Å². The van der Waals surface area contributed by atoms with E-state index in [1.54, 1.807) is 0 Å². The molecule has 106 valence electrons. The van der Waals surface area contributed by atoms with Crippen molar-refractivity contribution in [3.8, 4) is 0 Å². The lowest BCUT2D eigenvalue weighted by atomic mass is 9.92. The van der Waals surface area contributed by atoms with Gasteiger partial charge in [-0.05, 0) is 32.6 Å². The molecule has 0 bridgehead atoms. The van der Waals surface area contributed by atoms with Crippen molar-refractivity contribution in [2.75, 3.05) is 26.1 Å². The summed E-state index contributed by atoms with van der Waals surface area (Å²) >= 11 is 0. The van der Waals surface area contributed by atoms with Gasteiger partial charge in [0, 0.05) is 19.3 Å². The lowest BCUT2D eigenvalue weighted by Gasteiger charge is -2.29. The Morgan fingerprint density at radius 3 is 2.74 bits per heavy atom. The standard InChI is InChI=1S/C13H21N3O3/c1-8(10-4-6-19-7-5-10)16-9(2)15-11(12(16)14)13(17)18-3/h8,10H,4-7,14H2,1-3H3. The number of nitrogens with zero attached hydrogens (tertiary/aromatic N) is 2. The Labute approximate surface area is 112 Å². The van der Waals surface area contributed by atoms with E-state index in [0.29, 0.717) is 11.7 Å². The van der Waals surface area contributed by atoms with Gasteiger partial charge in [-0.25, -0.2) is 9.78 Å². The summed E-state index contributed by atoms with van der Waals surface area (Å²) in [7, 11) is 1.33. The second-order valence-electron chi connectivity index (χ2n) is 4.94. The molecule has 19 heavy (non-hydrogen) atoms. The van der Waals surface area contributed by atoms with Crippen LogP contribution in [0.4, 0.5) is 5.82 Å². The van der Waals surface area contributed by atoms with E-state index in [1.807, 2.05) is 11.5 Å². The Balaban J connectivity index is 2.28. The third-order valence-corrected chi connectivity index (χ3v) is 3.86. The van der Waals surface area contributed by atoms with Gasteiger partial charge in [0.1, 0.15) is 11.6 Å². The van der Waals surface area contributed by atoms with Gasteiger partial charge < -0.3 is 19.8 Å². The second-order valence-corrected chi connectivity index (χ2v) is 4.94. The maximum Gasteiger partial charge on any atom is 0.360 e. The molecule has 6 heteroatoms. The Bertz CT molecular complexity index is 464. The van der Waals surface area contributed by atoms with Crippen LogP contribution in [0, 0.1) is 12.8 Å². The van der Waals surface area contributed by atoms with Crippen molar-refractivity contribution in [1.82, 2.24) is 9.55 Å². The summed E-state index contributed by atoms with van der Waals surface area (Å²) in [4.78, 5) is 15.8. The van der Waals surface area contributed by atoms with E-state index < -0.39 is 5.97 Å². The van der Waals surface area contributed by atoms with Gasteiger partial charge in [-0.3, -0.25) is 0 Å². The quantitative estimate of drug-likeness (QED) is 0.840. The molecule has 2 heterocycles. The number of carbonyl (C=O) groups excluding carboxylic acids is 1. The number of methoxy groups -OCH3 is 1. The highest BCUT2D eigenvalue weighted by molar-refractivity contribution is 5.92. The van der Waals surface area contributed by atoms with Crippen LogP contribution in [-0.4, -0.2) is 35.8 Å². The maximum absolute atomic E-state index is 11.6. The molecule has 1 fully saturated rings. The molecule has 0 amide bonds. The summed E-state index contributed by atoms with van der Waals surface area (Å²) in [5.74, 6) is 1.15. The summed E-state index contributed by atoms with van der Waals surface area (Å²) in [6.07, 6.45) is 2.01. The van der Waals surface area contributed by atoms with Crippen molar-refractivity contribution in [3.05, 3.63) is 11.5 Å². The van der Waals surface area contributed by atoms with Crippen molar-refractivity contribution in [2.45, 2.75) is 32.7 Å². The van der Waals surface area contributed by atoms with Crippen LogP contribution in [0.5, 0.6) is 0 Å². The third-order valence-electron chi connectivity index (χ3n) is 3.86. The first-order chi connectivity index (χ1) is 9.06. The van der Waals surface area contributed by atoms with Crippen molar-refractivity contribution < 1.29 is 14.3 Å². The molecule has 0 aliphatic carbocycles.